The van der Waals surface area contributed by atoms with E-state index in [1.807, 2.05) is 0 Å². The van der Waals surface area contributed by atoms with E-state index in [0.717, 1.165) is 5.56 Å². The number of primary amides is 1. The Hall–Kier alpha value is -1.26. The number of ether oxygens (including phenoxy) is 1. The second-order valence-electron chi connectivity index (χ2n) is 4.19. The highest BCUT2D eigenvalue weighted by atomic mass is 35.5. The SMILES string of the molecule is NC(=O)COC(=O)C1CC1c1ccc(Cl)cc1Cl. The highest BCUT2D eigenvalue weighted by Crippen LogP contribution is 2.50. The number of carbonyl (C=O) groups is 2. The van der Waals surface area contributed by atoms with Gasteiger partial charge in [0.05, 0.1) is 5.92 Å². The average Bonchev–Trinajstić information content (AvgIpc) is 3.05. The van der Waals surface area contributed by atoms with E-state index in [1.165, 1.54) is 0 Å². The molecule has 0 radical (unpaired) electrons. The molecule has 0 aromatic heterocycles. The third-order valence-corrected chi connectivity index (χ3v) is 3.37. The standard InChI is InChI=1S/C12H11Cl2NO3/c13-6-1-2-7(10(14)3-6)8-4-9(8)12(17)18-5-11(15)16/h1-3,8-9H,4-5H2,(H2,15,16). The summed E-state index contributed by atoms with van der Waals surface area (Å²) in [7, 11) is 0. The largest absolute Gasteiger partial charge is 0.455 e. The summed E-state index contributed by atoms with van der Waals surface area (Å²) in [5, 5.41) is 1.09. The summed E-state index contributed by atoms with van der Waals surface area (Å²) in [6.07, 6.45) is 0.666. The molecule has 0 spiro atoms. The summed E-state index contributed by atoms with van der Waals surface area (Å²) >= 11 is 11.8. The van der Waals surface area contributed by atoms with Gasteiger partial charge in [0.2, 0.25) is 0 Å². The minimum atomic E-state index is -0.662. The summed E-state index contributed by atoms with van der Waals surface area (Å²) in [5.41, 5.74) is 5.77. The molecule has 4 nitrogen and oxygen atoms in total. The molecule has 2 N–H and O–H groups in total. The van der Waals surface area contributed by atoms with Crippen molar-refractivity contribution in [3.8, 4) is 0 Å². The van der Waals surface area contributed by atoms with Crippen LogP contribution < -0.4 is 5.73 Å². The summed E-state index contributed by atoms with van der Waals surface area (Å²) < 4.78 is 4.76. The molecule has 1 amide bonds. The van der Waals surface area contributed by atoms with Gasteiger partial charge in [0, 0.05) is 10.0 Å². The summed E-state index contributed by atoms with van der Waals surface area (Å²) in [4.78, 5) is 22.1. The van der Waals surface area contributed by atoms with Crippen molar-refractivity contribution < 1.29 is 14.3 Å². The Kier molecular flexibility index (Phi) is 3.78. The van der Waals surface area contributed by atoms with E-state index in [-0.39, 0.29) is 18.4 Å². The fraction of sp³-hybridized carbons (Fsp3) is 0.333. The molecule has 2 unspecified atom stereocenters. The predicted octanol–water partition coefficient (Wildman–Crippen LogP) is 2.13. The van der Waals surface area contributed by atoms with Crippen LogP contribution in [0.15, 0.2) is 18.2 Å². The van der Waals surface area contributed by atoms with Gasteiger partial charge in [-0.3, -0.25) is 9.59 Å². The highest BCUT2D eigenvalue weighted by molar-refractivity contribution is 6.35. The van der Waals surface area contributed by atoms with E-state index in [9.17, 15) is 9.59 Å². The first kappa shape index (κ1) is 13.2. The van der Waals surface area contributed by atoms with Gasteiger partial charge in [-0.1, -0.05) is 29.3 Å². The van der Waals surface area contributed by atoms with Gasteiger partial charge >= 0.3 is 5.97 Å². The molecule has 96 valence electrons. The molecule has 18 heavy (non-hydrogen) atoms. The molecule has 1 aliphatic carbocycles. The number of hydrogen-bond donors (Lipinski definition) is 1. The molecule has 1 fully saturated rings. The summed E-state index contributed by atoms with van der Waals surface area (Å²) in [6.45, 7) is -0.379. The minimum Gasteiger partial charge on any atom is -0.455 e. The number of nitrogens with two attached hydrogens (primary N) is 1. The van der Waals surface area contributed by atoms with Crippen molar-refractivity contribution in [2.45, 2.75) is 12.3 Å². The van der Waals surface area contributed by atoms with Crippen LogP contribution in [0.25, 0.3) is 0 Å². The zero-order chi connectivity index (χ0) is 13.3. The van der Waals surface area contributed by atoms with Crippen molar-refractivity contribution in [1.29, 1.82) is 0 Å². The number of hydrogen-bond acceptors (Lipinski definition) is 3. The van der Waals surface area contributed by atoms with Crippen molar-refractivity contribution in [1.82, 2.24) is 0 Å². The van der Waals surface area contributed by atoms with Crippen LogP contribution in [0.4, 0.5) is 0 Å². The Morgan fingerprint density at radius 2 is 2.11 bits per heavy atom. The van der Waals surface area contributed by atoms with Crippen molar-refractivity contribution >= 4 is 35.1 Å². The third kappa shape index (κ3) is 2.94. The molecule has 0 bridgehead atoms. The van der Waals surface area contributed by atoms with Gasteiger partial charge in [0.15, 0.2) is 6.61 Å². The normalized spacial score (nSPS) is 21.4. The van der Waals surface area contributed by atoms with Gasteiger partial charge in [-0.25, -0.2) is 0 Å². The van der Waals surface area contributed by atoms with Crippen LogP contribution in [0.1, 0.15) is 17.9 Å². The van der Waals surface area contributed by atoms with Crippen LogP contribution in [-0.2, 0) is 14.3 Å². The predicted molar refractivity (Wildman–Crippen MR) is 67.5 cm³/mol. The average molecular weight is 288 g/mol. The Labute approximate surface area is 114 Å². The molecule has 2 atom stereocenters. The highest BCUT2D eigenvalue weighted by Gasteiger charge is 2.46. The zero-order valence-electron chi connectivity index (χ0n) is 9.36. The zero-order valence-corrected chi connectivity index (χ0v) is 10.9. The lowest BCUT2D eigenvalue weighted by Crippen LogP contribution is -2.21. The first-order chi connectivity index (χ1) is 8.49. The van der Waals surface area contributed by atoms with Crippen LogP contribution in [0.5, 0.6) is 0 Å². The number of amides is 1. The molecular weight excluding hydrogens is 277 g/mol. The Bertz CT molecular complexity index is 504. The van der Waals surface area contributed by atoms with E-state index < -0.39 is 11.9 Å². The molecule has 1 aromatic carbocycles. The summed E-state index contributed by atoms with van der Waals surface area (Å²) in [6, 6.07) is 5.17. The molecule has 1 aromatic rings. The van der Waals surface area contributed by atoms with Gasteiger partial charge in [0.1, 0.15) is 0 Å². The van der Waals surface area contributed by atoms with E-state index in [4.69, 9.17) is 33.7 Å². The molecular formula is C12H11Cl2NO3. The van der Waals surface area contributed by atoms with E-state index in [0.29, 0.717) is 16.5 Å². The third-order valence-electron chi connectivity index (χ3n) is 2.81. The lowest BCUT2D eigenvalue weighted by atomic mass is 10.1. The van der Waals surface area contributed by atoms with Crippen LogP contribution >= 0.6 is 23.2 Å². The number of esters is 1. The van der Waals surface area contributed by atoms with Gasteiger partial charge < -0.3 is 10.5 Å². The van der Waals surface area contributed by atoms with Gasteiger partial charge in [-0.05, 0) is 30.0 Å². The lowest BCUT2D eigenvalue weighted by molar-refractivity contribution is -0.149. The van der Waals surface area contributed by atoms with Crippen LogP contribution in [0, 0.1) is 5.92 Å². The first-order valence-electron chi connectivity index (χ1n) is 5.39. The lowest BCUT2D eigenvalue weighted by Gasteiger charge is -2.04. The van der Waals surface area contributed by atoms with Crippen molar-refractivity contribution in [2.24, 2.45) is 11.7 Å². The Balaban J connectivity index is 1.98. The fourth-order valence-corrected chi connectivity index (χ4v) is 2.40. The molecule has 1 aliphatic rings. The second-order valence-corrected chi connectivity index (χ2v) is 5.03. The molecule has 1 saturated carbocycles. The van der Waals surface area contributed by atoms with E-state index in [2.05, 4.69) is 0 Å². The van der Waals surface area contributed by atoms with Crippen LogP contribution in [0.3, 0.4) is 0 Å². The monoisotopic (exact) mass is 287 g/mol. The van der Waals surface area contributed by atoms with Crippen LogP contribution in [0.2, 0.25) is 10.0 Å². The van der Waals surface area contributed by atoms with Crippen molar-refractivity contribution in [3.05, 3.63) is 33.8 Å². The number of rotatable bonds is 4. The molecule has 6 heteroatoms. The van der Waals surface area contributed by atoms with Gasteiger partial charge in [0.25, 0.3) is 5.91 Å². The quantitative estimate of drug-likeness (QED) is 0.863. The van der Waals surface area contributed by atoms with E-state index >= 15 is 0 Å². The molecule has 0 aliphatic heterocycles. The number of benzene rings is 1. The van der Waals surface area contributed by atoms with Gasteiger partial charge in [-0.15, -0.1) is 0 Å². The maximum absolute atomic E-state index is 11.6. The second kappa shape index (κ2) is 5.16. The number of carbonyl (C=O) groups excluding carboxylic acids is 2. The minimum absolute atomic E-state index is 0.0372. The van der Waals surface area contributed by atoms with Crippen LogP contribution in [-0.4, -0.2) is 18.5 Å². The van der Waals surface area contributed by atoms with Crippen molar-refractivity contribution in [3.63, 3.8) is 0 Å². The van der Waals surface area contributed by atoms with E-state index in [1.54, 1.807) is 18.2 Å². The molecule has 0 saturated heterocycles. The first-order valence-corrected chi connectivity index (χ1v) is 6.14. The maximum atomic E-state index is 11.6. The smallest absolute Gasteiger partial charge is 0.310 e. The Morgan fingerprint density at radius 1 is 1.39 bits per heavy atom. The molecule has 0 heterocycles. The topological polar surface area (TPSA) is 69.4 Å². The maximum Gasteiger partial charge on any atom is 0.310 e. The Morgan fingerprint density at radius 3 is 2.72 bits per heavy atom. The fourth-order valence-electron chi connectivity index (χ4n) is 1.85. The number of halogens is 2. The van der Waals surface area contributed by atoms with Crippen molar-refractivity contribution in [2.75, 3.05) is 6.61 Å². The summed E-state index contributed by atoms with van der Waals surface area (Å²) in [5.74, 6) is -1.28. The van der Waals surface area contributed by atoms with Gasteiger partial charge in [-0.2, -0.15) is 0 Å². The molecule has 2 rings (SSSR count).